The first-order chi connectivity index (χ1) is 19.6. The van der Waals surface area contributed by atoms with Gasteiger partial charge in [0.1, 0.15) is 17.7 Å². The lowest BCUT2D eigenvalue weighted by molar-refractivity contribution is -0.226. The average Bonchev–Trinajstić information content (AvgIpc) is 3.01. The highest BCUT2D eigenvalue weighted by atomic mass is 16.8. The molecule has 41 heavy (non-hydrogen) atoms. The normalized spacial score (nSPS) is 23.6. The molecule has 2 aliphatic rings. The third kappa shape index (κ3) is 5.65. The van der Waals surface area contributed by atoms with Gasteiger partial charge in [-0.05, 0) is 54.9 Å². The van der Waals surface area contributed by atoms with Gasteiger partial charge in [0, 0.05) is 5.57 Å². The van der Waals surface area contributed by atoms with E-state index in [0.29, 0.717) is 28.0 Å². The fourth-order valence-corrected chi connectivity index (χ4v) is 4.84. The molecule has 0 radical (unpaired) electrons. The summed E-state index contributed by atoms with van der Waals surface area (Å²) < 4.78 is 22.9. The van der Waals surface area contributed by atoms with Crippen molar-refractivity contribution in [2.24, 2.45) is 0 Å². The van der Waals surface area contributed by atoms with Crippen molar-refractivity contribution >= 4 is 29.1 Å². The lowest BCUT2D eigenvalue weighted by Crippen LogP contribution is -2.51. The average molecular weight is 560 g/mol. The predicted molar refractivity (Wildman–Crippen MR) is 146 cm³/mol. The molecule has 0 saturated carbocycles. The van der Waals surface area contributed by atoms with Crippen LogP contribution in [0.1, 0.15) is 36.5 Å². The largest absolute Gasteiger partial charge is 0.508 e. The molecule has 212 valence electrons. The molecule has 0 spiro atoms. The Labute approximate surface area is 236 Å². The number of esters is 3. The van der Waals surface area contributed by atoms with Gasteiger partial charge in [-0.3, -0.25) is 14.9 Å². The molecule has 3 atom stereocenters. The van der Waals surface area contributed by atoms with E-state index in [-0.39, 0.29) is 17.6 Å². The molecule has 0 aliphatic carbocycles. The summed E-state index contributed by atoms with van der Waals surface area (Å²) in [5.74, 6) is -4.65. The number of hydrogen-bond donors (Lipinski definition) is 3. The van der Waals surface area contributed by atoms with Gasteiger partial charge in [0.05, 0.1) is 18.4 Å². The summed E-state index contributed by atoms with van der Waals surface area (Å²) in [6.07, 6.45) is -1.78. The number of carbonyl (C=O) groups excluding carboxylic acids is 3. The van der Waals surface area contributed by atoms with Crippen LogP contribution in [0.4, 0.5) is 0 Å². The minimum absolute atomic E-state index is 0.0228. The van der Waals surface area contributed by atoms with E-state index in [0.717, 1.165) is 0 Å². The summed E-state index contributed by atoms with van der Waals surface area (Å²) >= 11 is 0. The first-order valence-corrected chi connectivity index (χ1v) is 13.0. The number of ether oxygens (including phenoxy) is 4. The number of carbonyl (C=O) groups is 3. The summed E-state index contributed by atoms with van der Waals surface area (Å²) in [7, 11) is 1.77. The molecule has 3 N–H and O–H groups in total. The molecule has 3 aromatic rings. The highest BCUT2D eigenvalue weighted by Crippen LogP contribution is 2.45. The van der Waals surface area contributed by atoms with Gasteiger partial charge in [0.15, 0.2) is 12.2 Å². The number of phenolic OH excluding ortho intramolecular Hbond substituents is 1. The van der Waals surface area contributed by atoms with Crippen LogP contribution in [0.5, 0.6) is 11.5 Å². The van der Waals surface area contributed by atoms with Crippen molar-refractivity contribution in [2.45, 2.75) is 37.4 Å². The standard InChI is InChI=1S/C31H29NO9/c1-19(32-2)39-24-14-10-21(11-15-24)27(20-8-12-23(33)13-9-20)28(22-6-4-3-5-7-22)31-18-38-25(34)16-30(37,29(36)41-31)17-26(35)40-31/h3-15,19,32-33,37H,16-18H2,1-2H3/b28-27+. The summed E-state index contributed by atoms with van der Waals surface area (Å²) in [6, 6.07) is 22.1. The monoisotopic (exact) mass is 559 g/mol. The second-order valence-corrected chi connectivity index (χ2v) is 9.90. The third-order valence-electron chi connectivity index (χ3n) is 6.92. The number of aromatic hydroxyl groups is 1. The molecule has 2 saturated heterocycles. The lowest BCUT2D eigenvalue weighted by Gasteiger charge is -2.36. The zero-order chi connectivity index (χ0) is 29.2. The fourth-order valence-electron chi connectivity index (χ4n) is 4.84. The van der Waals surface area contributed by atoms with Crippen molar-refractivity contribution in [1.29, 1.82) is 0 Å². The van der Waals surface area contributed by atoms with Crippen molar-refractivity contribution in [3.63, 3.8) is 0 Å². The number of benzene rings is 3. The van der Waals surface area contributed by atoms with Gasteiger partial charge in [-0.15, -0.1) is 0 Å². The minimum Gasteiger partial charge on any atom is -0.508 e. The molecule has 10 heteroatoms. The van der Waals surface area contributed by atoms with Gasteiger partial charge in [0.25, 0.3) is 0 Å². The highest BCUT2D eigenvalue weighted by molar-refractivity contribution is 6.03. The van der Waals surface area contributed by atoms with Crippen LogP contribution in [-0.2, 0) is 28.6 Å². The summed E-state index contributed by atoms with van der Waals surface area (Å²) in [4.78, 5) is 39.0. The molecule has 5 rings (SSSR count). The van der Waals surface area contributed by atoms with Crippen LogP contribution >= 0.6 is 0 Å². The number of hydrogen-bond acceptors (Lipinski definition) is 10. The molecular formula is C31H29NO9. The van der Waals surface area contributed by atoms with E-state index in [1.807, 2.05) is 6.92 Å². The van der Waals surface area contributed by atoms with Gasteiger partial charge in [0.2, 0.25) is 0 Å². The SMILES string of the molecule is CNC(C)Oc1ccc(/C(=C(\c2ccccc2)C23COC(=O)CC(O)(CC(=O)O2)C(=O)O3)c2ccc(O)cc2)cc1. The van der Waals surface area contributed by atoms with Gasteiger partial charge < -0.3 is 29.2 Å². The van der Waals surface area contributed by atoms with Crippen LogP contribution in [0.2, 0.25) is 0 Å². The Kier molecular flexibility index (Phi) is 7.53. The molecule has 2 aliphatic heterocycles. The lowest BCUT2D eigenvalue weighted by atomic mass is 9.84. The van der Waals surface area contributed by atoms with Crippen molar-refractivity contribution in [3.05, 3.63) is 95.6 Å². The molecule has 2 fully saturated rings. The maximum Gasteiger partial charge on any atom is 0.343 e. The second-order valence-electron chi connectivity index (χ2n) is 9.90. The van der Waals surface area contributed by atoms with Gasteiger partial charge in [-0.2, -0.15) is 0 Å². The molecular weight excluding hydrogens is 530 g/mol. The number of phenols is 1. The number of nitrogens with one attached hydrogen (secondary N) is 1. The van der Waals surface area contributed by atoms with E-state index >= 15 is 0 Å². The topological polar surface area (TPSA) is 141 Å². The van der Waals surface area contributed by atoms with E-state index in [2.05, 4.69) is 5.32 Å². The van der Waals surface area contributed by atoms with Crippen molar-refractivity contribution in [2.75, 3.05) is 13.7 Å². The summed E-state index contributed by atoms with van der Waals surface area (Å²) in [5.41, 5.74) is -0.141. The summed E-state index contributed by atoms with van der Waals surface area (Å²) in [5, 5.41) is 24.0. The van der Waals surface area contributed by atoms with Gasteiger partial charge in [-0.1, -0.05) is 54.6 Å². The van der Waals surface area contributed by atoms with Crippen LogP contribution in [0, 0.1) is 0 Å². The smallest absolute Gasteiger partial charge is 0.343 e. The number of rotatable bonds is 7. The maximum absolute atomic E-state index is 13.3. The van der Waals surface area contributed by atoms with Crippen LogP contribution < -0.4 is 10.1 Å². The molecule has 10 nitrogen and oxygen atoms in total. The zero-order valence-electron chi connectivity index (χ0n) is 22.5. The first-order valence-electron chi connectivity index (χ1n) is 13.0. The maximum atomic E-state index is 13.3. The van der Waals surface area contributed by atoms with E-state index in [1.165, 1.54) is 12.1 Å². The number of cyclic esters (lactones) is 1. The van der Waals surface area contributed by atoms with Crippen LogP contribution in [-0.4, -0.2) is 59.4 Å². The second kappa shape index (κ2) is 11.1. The van der Waals surface area contributed by atoms with Crippen molar-refractivity contribution in [1.82, 2.24) is 5.32 Å². The molecule has 2 bridgehead atoms. The molecule has 0 amide bonds. The summed E-state index contributed by atoms with van der Waals surface area (Å²) in [6.45, 7) is 1.21. The zero-order valence-corrected chi connectivity index (χ0v) is 22.5. The Morgan fingerprint density at radius 3 is 2.10 bits per heavy atom. The Morgan fingerprint density at radius 1 is 0.854 bits per heavy atom. The van der Waals surface area contributed by atoms with Crippen molar-refractivity contribution < 1.29 is 43.5 Å². The van der Waals surface area contributed by atoms with E-state index < -0.39 is 48.7 Å². The Bertz CT molecular complexity index is 1480. The fraction of sp³-hybridized carbons (Fsp3) is 0.258. The third-order valence-corrected chi connectivity index (χ3v) is 6.92. The molecule has 2 heterocycles. The van der Waals surface area contributed by atoms with Crippen LogP contribution in [0.3, 0.4) is 0 Å². The Balaban J connectivity index is 1.82. The Hall–Kier alpha value is -4.67. The van der Waals surface area contributed by atoms with E-state index in [9.17, 15) is 24.6 Å². The van der Waals surface area contributed by atoms with Crippen molar-refractivity contribution in [3.8, 4) is 11.5 Å². The Morgan fingerprint density at radius 2 is 1.46 bits per heavy atom. The van der Waals surface area contributed by atoms with Gasteiger partial charge >= 0.3 is 23.7 Å². The first kappa shape index (κ1) is 27.9. The molecule has 0 aromatic heterocycles. The van der Waals surface area contributed by atoms with Crippen LogP contribution in [0.25, 0.3) is 11.1 Å². The highest BCUT2D eigenvalue weighted by Gasteiger charge is 2.57. The minimum atomic E-state index is -2.44. The van der Waals surface area contributed by atoms with E-state index in [4.69, 9.17) is 18.9 Å². The van der Waals surface area contributed by atoms with Crippen LogP contribution in [0.15, 0.2) is 78.9 Å². The number of aliphatic hydroxyl groups is 1. The van der Waals surface area contributed by atoms with E-state index in [1.54, 1.807) is 73.8 Å². The quantitative estimate of drug-likeness (QED) is 0.225. The number of fused-ring (bicyclic) bond motifs is 3. The predicted octanol–water partition coefficient (Wildman–Crippen LogP) is 3.16. The van der Waals surface area contributed by atoms with Gasteiger partial charge in [-0.25, -0.2) is 4.79 Å². The molecule has 3 unspecified atom stereocenters. The molecule has 3 aromatic carbocycles.